The van der Waals surface area contributed by atoms with E-state index in [-0.39, 0.29) is 12.0 Å². The van der Waals surface area contributed by atoms with Crippen LogP contribution in [-0.2, 0) is 0 Å². The molecule has 0 heterocycles. The highest BCUT2D eigenvalue weighted by Crippen LogP contribution is 2.35. The van der Waals surface area contributed by atoms with Gasteiger partial charge in [-0.3, -0.25) is 4.99 Å². The van der Waals surface area contributed by atoms with Crippen LogP contribution in [0.5, 0.6) is 0 Å². The summed E-state index contributed by atoms with van der Waals surface area (Å²) in [5.74, 6) is 0.496. The number of nitrogens with two attached hydrogens (primary N) is 1. The van der Waals surface area contributed by atoms with E-state index in [1.165, 1.54) is 19.3 Å². The van der Waals surface area contributed by atoms with Gasteiger partial charge in [0.05, 0.1) is 13.2 Å². The van der Waals surface area contributed by atoms with Crippen LogP contribution in [0.3, 0.4) is 0 Å². The molecule has 0 aliphatic heterocycles. The zero-order valence-electron chi connectivity index (χ0n) is 9.63. The van der Waals surface area contributed by atoms with Crippen molar-refractivity contribution in [3.8, 4) is 0 Å². The van der Waals surface area contributed by atoms with Gasteiger partial charge in [0.1, 0.15) is 0 Å². The number of aliphatic hydroxyl groups is 1. The van der Waals surface area contributed by atoms with Crippen molar-refractivity contribution < 1.29 is 5.11 Å². The van der Waals surface area contributed by atoms with E-state index in [4.69, 9.17) is 5.73 Å². The summed E-state index contributed by atoms with van der Waals surface area (Å²) in [4.78, 5) is 4.30. The van der Waals surface area contributed by atoms with E-state index in [1.807, 2.05) is 6.92 Å². The van der Waals surface area contributed by atoms with Crippen molar-refractivity contribution in [1.82, 2.24) is 5.32 Å². The summed E-state index contributed by atoms with van der Waals surface area (Å²) >= 11 is 0. The second-order valence-corrected chi connectivity index (χ2v) is 4.45. The molecule has 1 saturated carbocycles. The summed E-state index contributed by atoms with van der Waals surface area (Å²) in [6, 6.07) is 0. The normalized spacial score (nSPS) is 21.3. The van der Waals surface area contributed by atoms with Crippen LogP contribution in [0.1, 0.15) is 39.0 Å². The van der Waals surface area contributed by atoms with Crippen LogP contribution in [0.4, 0.5) is 0 Å². The van der Waals surface area contributed by atoms with Crippen molar-refractivity contribution in [2.75, 3.05) is 19.7 Å². The van der Waals surface area contributed by atoms with Gasteiger partial charge in [-0.15, -0.1) is 0 Å². The van der Waals surface area contributed by atoms with Gasteiger partial charge in [-0.05, 0) is 19.8 Å². The molecule has 0 aromatic rings. The highest BCUT2D eigenvalue weighted by Gasteiger charge is 2.31. The summed E-state index contributed by atoms with van der Waals surface area (Å²) in [5, 5.41) is 12.4. The molecule has 0 bridgehead atoms. The van der Waals surface area contributed by atoms with Crippen molar-refractivity contribution in [2.24, 2.45) is 16.1 Å². The SMILES string of the molecule is CCNC(N)=NCC1(CO)CCCCC1. The summed E-state index contributed by atoms with van der Waals surface area (Å²) in [7, 11) is 0. The van der Waals surface area contributed by atoms with Gasteiger partial charge in [-0.2, -0.15) is 0 Å². The molecular weight excluding hydrogens is 190 g/mol. The molecule has 0 saturated heterocycles. The first-order valence-corrected chi connectivity index (χ1v) is 5.87. The van der Waals surface area contributed by atoms with Gasteiger partial charge in [0.15, 0.2) is 5.96 Å². The van der Waals surface area contributed by atoms with E-state index in [2.05, 4.69) is 10.3 Å². The van der Waals surface area contributed by atoms with Crippen molar-refractivity contribution in [2.45, 2.75) is 39.0 Å². The fraction of sp³-hybridized carbons (Fsp3) is 0.909. The number of aliphatic hydroxyl groups excluding tert-OH is 1. The molecule has 0 amide bonds. The van der Waals surface area contributed by atoms with E-state index >= 15 is 0 Å². The lowest BCUT2D eigenvalue weighted by Gasteiger charge is -2.34. The largest absolute Gasteiger partial charge is 0.396 e. The average molecular weight is 213 g/mol. The summed E-state index contributed by atoms with van der Waals surface area (Å²) in [5.41, 5.74) is 5.67. The molecular formula is C11H23N3O. The van der Waals surface area contributed by atoms with Crippen LogP contribution in [0.2, 0.25) is 0 Å². The lowest BCUT2D eigenvalue weighted by Crippen LogP contribution is -2.36. The van der Waals surface area contributed by atoms with Crippen LogP contribution in [-0.4, -0.2) is 30.8 Å². The third-order valence-corrected chi connectivity index (χ3v) is 3.19. The summed E-state index contributed by atoms with van der Waals surface area (Å²) in [6.45, 7) is 3.67. The first kappa shape index (κ1) is 12.3. The van der Waals surface area contributed by atoms with E-state index in [9.17, 15) is 5.11 Å². The number of aliphatic imine (C=N–C) groups is 1. The smallest absolute Gasteiger partial charge is 0.188 e. The minimum atomic E-state index is -0.00170. The molecule has 0 unspecified atom stereocenters. The van der Waals surface area contributed by atoms with Gasteiger partial charge < -0.3 is 16.2 Å². The number of nitrogens with one attached hydrogen (secondary N) is 1. The number of hydrogen-bond donors (Lipinski definition) is 3. The lowest BCUT2D eigenvalue weighted by molar-refractivity contribution is 0.0907. The lowest BCUT2D eigenvalue weighted by atomic mass is 9.75. The Bertz CT molecular complexity index is 210. The van der Waals surface area contributed by atoms with E-state index in [1.54, 1.807) is 0 Å². The number of nitrogens with zero attached hydrogens (tertiary/aromatic N) is 1. The highest BCUT2D eigenvalue weighted by molar-refractivity contribution is 5.77. The minimum Gasteiger partial charge on any atom is -0.396 e. The molecule has 4 nitrogen and oxygen atoms in total. The quantitative estimate of drug-likeness (QED) is 0.479. The van der Waals surface area contributed by atoms with Crippen LogP contribution < -0.4 is 11.1 Å². The molecule has 1 aliphatic carbocycles. The van der Waals surface area contributed by atoms with Gasteiger partial charge in [0.2, 0.25) is 0 Å². The van der Waals surface area contributed by atoms with Gasteiger partial charge in [-0.25, -0.2) is 0 Å². The van der Waals surface area contributed by atoms with Gasteiger partial charge in [0.25, 0.3) is 0 Å². The monoisotopic (exact) mass is 213 g/mol. The van der Waals surface area contributed by atoms with E-state index in [0.29, 0.717) is 12.5 Å². The summed E-state index contributed by atoms with van der Waals surface area (Å²) in [6.07, 6.45) is 5.85. The number of hydrogen-bond acceptors (Lipinski definition) is 2. The Morgan fingerprint density at radius 2 is 2.07 bits per heavy atom. The third kappa shape index (κ3) is 3.70. The molecule has 4 N–H and O–H groups in total. The molecule has 15 heavy (non-hydrogen) atoms. The predicted octanol–water partition coefficient (Wildman–Crippen LogP) is 0.853. The molecule has 1 rings (SSSR count). The van der Waals surface area contributed by atoms with Gasteiger partial charge in [0, 0.05) is 12.0 Å². The van der Waals surface area contributed by atoms with E-state index in [0.717, 1.165) is 19.4 Å². The molecule has 1 aliphatic rings. The molecule has 0 aromatic heterocycles. The fourth-order valence-corrected chi connectivity index (χ4v) is 2.16. The first-order chi connectivity index (χ1) is 7.22. The second-order valence-electron chi connectivity index (χ2n) is 4.45. The molecule has 88 valence electrons. The Morgan fingerprint density at radius 3 is 2.60 bits per heavy atom. The Labute approximate surface area is 92.0 Å². The Hall–Kier alpha value is -0.770. The maximum Gasteiger partial charge on any atom is 0.188 e. The topological polar surface area (TPSA) is 70.6 Å². The highest BCUT2D eigenvalue weighted by atomic mass is 16.3. The minimum absolute atomic E-state index is 0.00170. The Balaban J connectivity index is 2.48. The average Bonchev–Trinajstić information content (AvgIpc) is 2.28. The standard InChI is InChI=1S/C11H23N3O/c1-2-13-10(12)14-8-11(9-15)6-4-3-5-7-11/h15H,2-9H2,1H3,(H3,12,13,14). The van der Waals surface area contributed by atoms with Gasteiger partial charge >= 0.3 is 0 Å². The maximum absolute atomic E-state index is 9.45. The second kappa shape index (κ2) is 5.95. The number of guanidine groups is 1. The maximum atomic E-state index is 9.45. The zero-order valence-corrected chi connectivity index (χ0v) is 9.63. The number of rotatable bonds is 4. The van der Waals surface area contributed by atoms with Crippen molar-refractivity contribution in [3.05, 3.63) is 0 Å². The van der Waals surface area contributed by atoms with Crippen molar-refractivity contribution in [3.63, 3.8) is 0 Å². The Kier molecular flexibility index (Phi) is 4.88. The van der Waals surface area contributed by atoms with Crippen LogP contribution in [0.15, 0.2) is 4.99 Å². The molecule has 0 spiro atoms. The van der Waals surface area contributed by atoms with Crippen molar-refractivity contribution in [1.29, 1.82) is 0 Å². The van der Waals surface area contributed by atoms with E-state index < -0.39 is 0 Å². The third-order valence-electron chi connectivity index (χ3n) is 3.19. The Morgan fingerprint density at radius 1 is 1.40 bits per heavy atom. The molecule has 0 atom stereocenters. The van der Waals surface area contributed by atoms with Crippen molar-refractivity contribution >= 4 is 5.96 Å². The molecule has 1 fully saturated rings. The molecule has 0 radical (unpaired) electrons. The van der Waals surface area contributed by atoms with Crippen LogP contribution in [0.25, 0.3) is 0 Å². The fourth-order valence-electron chi connectivity index (χ4n) is 2.16. The predicted molar refractivity (Wildman–Crippen MR) is 62.8 cm³/mol. The summed E-state index contributed by atoms with van der Waals surface area (Å²) < 4.78 is 0. The van der Waals surface area contributed by atoms with Crippen LogP contribution in [0, 0.1) is 5.41 Å². The molecule has 0 aromatic carbocycles. The van der Waals surface area contributed by atoms with Gasteiger partial charge in [-0.1, -0.05) is 19.3 Å². The van der Waals surface area contributed by atoms with Crippen LogP contribution >= 0.6 is 0 Å². The zero-order chi connectivity index (χ0) is 11.1. The first-order valence-electron chi connectivity index (χ1n) is 5.87. The molecule has 4 heteroatoms.